The highest BCUT2D eigenvalue weighted by Gasteiger charge is 2.39. The first-order valence-electron chi connectivity index (χ1n) is 9.62. The van der Waals surface area contributed by atoms with Crippen LogP contribution in [0.1, 0.15) is 11.4 Å². The van der Waals surface area contributed by atoms with E-state index in [9.17, 15) is 22.4 Å². The predicted molar refractivity (Wildman–Crippen MR) is 111 cm³/mol. The highest BCUT2D eigenvalue weighted by atomic mass is 19.4. The number of methoxy groups -OCH3 is 1. The topological polar surface area (TPSA) is 85.4 Å². The average Bonchev–Trinajstić information content (AvgIpc) is 3.35. The van der Waals surface area contributed by atoms with Crippen molar-refractivity contribution >= 4 is 16.7 Å². The zero-order valence-electron chi connectivity index (χ0n) is 17.1. The molecule has 33 heavy (non-hydrogen) atoms. The van der Waals surface area contributed by atoms with E-state index in [1.807, 2.05) is 5.10 Å². The minimum absolute atomic E-state index is 0.0656. The molecule has 3 aromatic heterocycles. The Labute approximate surface area is 182 Å². The first-order chi connectivity index (χ1) is 15.7. The molecule has 1 N–H and O–H groups in total. The van der Waals surface area contributed by atoms with Crippen LogP contribution in [0.15, 0.2) is 51.7 Å². The molecule has 0 atom stereocenters. The summed E-state index contributed by atoms with van der Waals surface area (Å²) in [7, 11) is 1.44. The number of alkyl halides is 3. The number of aromatic nitrogens is 4. The highest BCUT2D eigenvalue weighted by molar-refractivity contribution is 5.84. The number of aromatic amines is 1. The maximum absolute atomic E-state index is 14.5. The lowest BCUT2D eigenvalue weighted by atomic mass is 10.0. The van der Waals surface area contributed by atoms with Gasteiger partial charge in [0.1, 0.15) is 22.8 Å². The summed E-state index contributed by atoms with van der Waals surface area (Å²) in [5.41, 5.74) is -2.86. The lowest BCUT2D eigenvalue weighted by molar-refractivity contribution is -0.140. The van der Waals surface area contributed by atoms with Crippen molar-refractivity contribution in [3.05, 3.63) is 70.0 Å². The molecule has 5 rings (SSSR count). The van der Waals surface area contributed by atoms with Gasteiger partial charge >= 0.3 is 6.18 Å². The van der Waals surface area contributed by atoms with Gasteiger partial charge in [-0.1, -0.05) is 24.3 Å². The Morgan fingerprint density at radius 1 is 1.06 bits per heavy atom. The molecular formula is C22H14F4N4O3. The molecule has 2 aromatic carbocycles. The smallest absolute Gasteiger partial charge is 0.433 e. The molecule has 0 unspecified atom stereocenters. The second-order valence-corrected chi connectivity index (χ2v) is 7.20. The van der Waals surface area contributed by atoms with Crippen LogP contribution in [0.5, 0.6) is 5.75 Å². The summed E-state index contributed by atoms with van der Waals surface area (Å²) in [4.78, 5) is 21.8. The SMILES string of the molecule is COc1cccc2oc(-c3c(C)nc4c(-c5ccccc5F)c(C(F)(F)F)[nH]n4c3=O)nc12. The van der Waals surface area contributed by atoms with Gasteiger partial charge in [0.2, 0.25) is 5.89 Å². The molecule has 0 saturated heterocycles. The third kappa shape index (κ3) is 3.15. The predicted octanol–water partition coefficient (Wildman–Crippen LogP) is 4.97. The third-order valence-electron chi connectivity index (χ3n) is 5.20. The number of aryl methyl sites for hydroxylation is 1. The summed E-state index contributed by atoms with van der Waals surface area (Å²) >= 11 is 0. The molecule has 0 radical (unpaired) electrons. The lowest BCUT2D eigenvalue weighted by Gasteiger charge is -2.08. The van der Waals surface area contributed by atoms with Crippen LogP contribution in [0.4, 0.5) is 17.6 Å². The molecule has 0 amide bonds. The largest absolute Gasteiger partial charge is 0.494 e. The fraction of sp³-hybridized carbons (Fsp3) is 0.136. The van der Waals surface area contributed by atoms with Gasteiger partial charge in [0.05, 0.1) is 18.4 Å². The molecule has 5 aromatic rings. The summed E-state index contributed by atoms with van der Waals surface area (Å²) in [5, 5.41) is 2.05. The molecule has 0 saturated carbocycles. The molecule has 0 aliphatic carbocycles. The highest BCUT2D eigenvalue weighted by Crippen LogP contribution is 2.39. The minimum Gasteiger partial charge on any atom is -0.494 e. The van der Waals surface area contributed by atoms with E-state index >= 15 is 0 Å². The molecule has 168 valence electrons. The minimum atomic E-state index is -4.91. The number of nitrogens with one attached hydrogen (secondary N) is 1. The van der Waals surface area contributed by atoms with Crippen LogP contribution in [0.3, 0.4) is 0 Å². The van der Waals surface area contributed by atoms with Gasteiger partial charge in [0.15, 0.2) is 16.7 Å². The number of H-pyrrole nitrogens is 1. The number of halogens is 4. The fourth-order valence-electron chi connectivity index (χ4n) is 3.74. The molecule has 3 heterocycles. The molecule has 0 spiro atoms. The van der Waals surface area contributed by atoms with Crippen LogP contribution in [0.25, 0.3) is 39.3 Å². The Morgan fingerprint density at radius 2 is 1.82 bits per heavy atom. The van der Waals surface area contributed by atoms with Gasteiger partial charge in [-0.05, 0) is 25.1 Å². The van der Waals surface area contributed by atoms with Crippen LogP contribution in [-0.2, 0) is 6.18 Å². The average molecular weight is 458 g/mol. The Hall–Kier alpha value is -4.15. The molecular weight excluding hydrogens is 444 g/mol. The van der Waals surface area contributed by atoms with E-state index in [0.717, 1.165) is 6.07 Å². The normalized spacial score (nSPS) is 12.1. The quantitative estimate of drug-likeness (QED) is 0.386. The number of fused-ring (bicyclic) bond motifs is 2. The number of benzene rings is 2. The van der Waals surface area contributed by atoms with Crippen molar-refractivity contribution in [1.82, 2.24) is 19.6 Å². The van der Waals surface area contributed by atoms with E-state index in [1.54, 1.807) is 18.2 Å². The van der Waals surface area contributed by atoms with Crippen molar-refractivity contribution in [2.75, 3.05) is 7.11 Å². The zero-order valence-corrected chi connectivity index (χ0v) is 17.1. The van der Waals surface area contributed by atoms with Crippen molar-refractivity contribution in [2.45, 2.75) is 13.1 Å². The molecule has 11 heteroatoms. The maximum atomic E-state index is 14.5. The zero-order chi connectivity index (χ0) is 23.5. The number of rotatable bonds is 3. The number of hydrogen-bond acceptors (Lipinski definition) is 5. The molecule has 0 aliphatic rings. The maximum Gasteiger partial charge on any atom is 0.433 e. The van der Waals surface area contributed by atoms with Gasteiger partial charge < -0.3 is 9.15 Å². The standard InChI is InChI=1S/C22H14F4N4O3/c1-10-15(20-28-17-13(32-2)8-5-9-14(17)33-20)21(31)30-19(27-10)16(18(29-30)22(24,25)26)11-6-3-4-7-12(11)23/h3-9,29H,1-2H3. The van der Waals surface area contributed by atoms with Gasteiger partial charge in [-0.2, -0.15) is 17.7 Å². The number of oxazole rings is 1. The van der Waals surface area contributed by atoms with Crippen molar-refractivity contribution in [3.63, 3.8) is 0 Å². The van der Waals surface area contributed by atoms with Gasteiger partial charge in [0, 0.05) is 5.56 Å². The first-order valence-corrected chi connectivity index (χ1v) is 9.62. The van der Waals surface area contributed by atoms with Crippen molar-refractivity contribution in [2.24, 2.45) is 0 Å². The van der Waals surface area contributed by atoms with E-state index in [2.05, 4.69) is 9.97 Å². The summed E-state index contributed by atoms with van der Waals surface area (Å²) in [6.45, 7) is 1.44. The van der Waals surface area contributed by atoms with Gasteiger partial charge in [0.25, 0.3) is 5.56 Å². The fourth-order valence-corrected chi connectivity index (χ4v) is 3.74. The molecule has 0 fully saturated rings. The van der Waals surface area contributed by atoms with E-state index in [4.69, 9.17) is 9.15 Å². The van der Waals surface area contributed by atoms with E-state index in [-0.39, 0.29) is 28.4 Å². The number of hydrogen-bond donors (Lipinski definition) is 1. The van der Waals surface area contributed by atoms with Crippen LogP contribution in [0, 0.1) is 12.7 Å². The van der Waals surface area contributed by atoms with Crippen LogP contribution >= 0.6 is 0 Å². The Bertz CT molecular complexity index is 1600. The Balaban J connectivity index is 1.84. The van der Waals surface area contributed by atoms with Crippen molar-refractivity contribution in [1.29, 1.82) is 0 Å². The van der Waals surface area contributed by atoms with Crippen LogP contribution in [0.2, 0.25) is 0 Å². The van der Waals surface area contributed by atoms with Crippen molar-refractivity contribution in [3.8, 4) is 28.3 Å². The lowest BCUT2D eigenvalue weighted by Crippen LogP contribution is -2.20. The number of nitrogens with zero attached hydrogens (tertiary/aromatic N) is 3. The van der Waals surface area contributed by atoms with Gasteiger partial charge in [-0.3, -0.25) is 9.89 Å². The third-order valence-corrected chi connectivity index (χ3v) is 5.20. The van der Waals surface area contributed by atoms with Crippen LogP contribution in [-0.4, -0.2) is 26.7 Å². The second kappa shape index (κ2) is 7.19. The summed E-state index contributed by atoms with van der Waals surface area (Å²) in [6.07, 6.45) is -4.91. The summed E-state index contributed by atoms with van der Waals surface area (Å²) in [5.74, 6) is -0.614. The van der Waals surface area contributed by atoms with Crippen LogP contribution < -0.4 is 10.3 Å². The number of para-hydroxylation sites is 1. The first kappa shape index (κ1) is 20.7. The number of ether oxygens (including phenoxy) is 1. The van der Waals surface area contributed by atoms with Crippen molar-refractivity contribution < 1.29 is 26.7 Å². The summed E-state index contributed by atoms with van der Waals surface area (Å²) in [6, 6.07) is 9.90. The molecule has 0 aliphatic heterocycles. The van der Waals surface area contributed by atoms with Gasteiger partial charge in [-0.25, -0.2) is 14.4 Å². The molecule has 0 bridgehead atoms. The monoisotopic (exact) mass is 458 g/mol. The van der Waals surface area contributed by atoms with E-state index in [1.165, 1.54) is 32.2 Å². The Morgan fingerprint density at radius 3 is 2.52 bits per heavy atom. The summed E-state index contributed by atoms with van der Waals surface area (Å²) < 4.78 is 67.5. The van der Waals surface area contributed by atoms with Gasteiger partial charge in [-0.15, -0.1) is 0 Å². The van der Waals surface area contributed by atoms with E-state index < -0.39 is 28.8 Å². The van der Waals surface area contributed by atoms with E-state index in [0.29, 0.717) is 21.4 Å². The second-order valence-electron chi connectivity index (χ2n) is 7.20. The Kier molecular flexibility index (Phi) is 4.52. The molecule has 7 nitrogen and oxygen atoms in total.